The molecular weight excluding hydrogens is 216 g/mol. The second-order valence-corrected chi connectivity index (χ2v) is 4.84. The summed E-state index contributed by atoms with van der Waals surface area (Å²) in [6, 6.07) is 6.50. The van der Waals surface area contributed by atoms with E-state index in [1.54, 1.807) is 0 Å². The third-order valence-electron chi connectivity index (χ3n) is 3.12. The summed E-state index contributed by atoms with van der Waals surface area (Å²) in [5.41, 5.74) is 9.67. The number of hydrogen-bond donors (Lipinski definition) is 1. The van der Waals surface area contributed by atoms with Gasteiger partial charge in [0.15, 0.2) is 0 Å². The van der Waals surface area contributed by atoms with E-state index in [4.69, 9.17) is 18.0 Å². The van der Waals surface area contributed by atoms with Gasteiger partial charge in [0.1, 0.15) is 0 Å². The van der Waals surface area contributed by atoms with Gasteiger partial charge in [-0.25, -0.2) is 0 Å². The average molecular weight is 236 g/mol. The zero-order valence-electron chi connectivity index (χ0n) is 10.4. The first-order chi connectivity index (χ1) is 7.43. The summed E-state index contributed by atoms with van der Waals surface area (Å²) in [5.74, 6) is 0. The van der Waals surface area contributed by atoms with Crippen molar-refractivity contribution in [3.8, 4) is 0 Å². The van der Waals surface area contributed by atoms with Crippen molar-refractivity contribution in [1.29, 1.82) is 0 Å². The Balaban J connectivity index is 2.84. The molecule has 0 spiro atoms. The molecule has 0 radical (unpaired) electrons. The lowest BCUT2D eigenvalue weighted by Gasteiger charge is -2.25. The number of nitrogens with two attached hydrogens (primary N) is 1. The van der Waals surface area contributed by atoms with Gasteiger partial charge in [-0.2, -0.15) is 0 Å². The molecule has 0 fully saturated rings. The lowest BCUT2D eigenvalue weighted by atomic mass is 10.0. The molecule has 0 aromatic heterocycles. The fourth-order valence-electron chi connectivity index (χ4n) is 1.70. The van der Waals surface area contributed by atoms with Gasteiger partial charge in [0.2, 0.25) is 0 Å². The van der Waals surface area contributed by atoms with Crippen LogP contribution in [0.1, 0.15) is 23.6 Å². The van der Waals surface area contributed by atoms with Gasteiger partial charge < -0.3 is 5.73 Å². The number of hydrogen-bond acceptors (Lipinski definition) is 2. The smallest absolute Gasteiger partial charge is 0.0899 e. The quantitative estimate of drug-likeness (QED) is 0.814. The SMILES string of the molecule is Cc1cccc(C)c1CN(C)C(C)C(N)=S. The standard InChI is InChI=1S/C13H20N2S/c1-9-6-5-7-10(2)12(9)8-15(4)11(3)13(14)16/h5-7,11H,8H2,1-4H3,(H2,14,16). The summed E-state index contributed by atoms with van der Waals surface area (Å²) in [5, 5.41) is 0. The number of rotatable bonds is 4. The van der Waals surface area contributed by atoms with E-state index in [0.29, 0.717) is 4.99 Å². The van der Waals surface area contributed by atoms with Crippen LogP contribution in [0.4, 0.5) is 0 Å². The number of benzene rings is 1. The molecule has 3 heteroatoms. The maximum absolute atomic E-state index is 5.66. The summed E-state index contributed by atoms with van der Waals surface area (Å²) in [6.45, 7) is 7.20. The fraction of sp³-hybridized carbons (Fsp3) is 0.462. The van der Waals surface area contributed by atoms with Crippen LogP contribution in [0.15, 0.2) is 18.2 Å². The van der Waals surface area contributed by atoms with Crippen molar-refractivity contribution in [3.05, 3.63) is 34.9 Å². The van der Waals surface area contributed by atoms with Crippen LogP contribution in [0.5, 0.6) is 0 Å². The zero-order chi connectivity index (χ0) is 12.3. The Morgan fingerprint density at radius 2 is 1.88 bits per heavy atom. The molecule has 2 nitrogen and oxygen atoms in total. The highest BCUT2D eigenvalue weighted by Crippen LogP contribution is 2.16. The Hall–Kier alpha value is -0.930. The predicted octanol–water partition coefficient (Wildman–Crippen LogP) is 2.41. The molecule has 0 aliphatic carbocycles. The Morgan fingerprint density at radius 3 is 2.31 bits per heavy atom. The summed E-state index contributed by atoms with van der Waals surface area (Å²) in [7, 11) is 2.05. The Labute approximate surface area is 103 Å². The van der Waals surface area contributed by atoms with Crippen LogP contribution in [0.25, 0.3) is 0 Å². The minimum absolute atomic E-state index is 0.133. The number of thiocarbonyl (C=S) groups is 1. The Bertz CT molecular complexity index is 367. The fourth-order valence-corrected chi connectivity index (χ4v) is 1.88. The highest BCUT2D eigenvalue weighted by atomic mass is 32.1. The first-order valence-corrected chi connectivity index (χ1v) is 5.89. The van der Waals surface area contributed by atoms with Gasteiger partial charge in [0.05, 0.1) is 11.0 Å². The molecule has 0 saturated carbocycles. The molecule has 0 amide bonds. The number of likely N-dealkylation sites (N-methyl/N-ethyl adjacent to an activating group) is 1. The van der Waals surface area contributed by atoms with E-state index in [1.165, 1.54) is 16.7 Å². The van der Waals surface area contributed by atoms with Crippen molar-refractivity contribution >= 4 is 17.2 Å². The van der Waals surface area contributed by atoms with Crippen molar-refractivity contribution in [3.63, 3.8) is 0 Å². The van der Waals surface area contributed by atoms with Crippen LogP contribution < -0.4 is 5.73 Å². The molecule has 0 saturated heterocycles. The van der Waals surface area contributed by atoms with Crippen molar-refractivity contribution in [2.75, 3.05) is 7.05 Å². The molecule has 1 rings (SSSR count). The molecule has 1 aromatic rings. The lowest BCUT2D eigenvalue weighted by Crippen LogP contribution is -2.38. The summed E-state index contributed by atoms with van der Waals surface area (Å²) in [4.78, 5) is 2.73. The molecule has 0 heterocycles. The monoisotopic (exact) mass is 236 g/mol. The first-order valence-electron chi connectivity index (χ1n) is 5.48. The third-order valence-corrected chi connectivity index (χ3v) is 3.47. The molecule has 1 atom stereocenters. The second-order valence-electron chi connectivity index (χ2n) is 4.36. The molecule has 0 aliphatic heterocycles. The number of nitrogens with zero attached hydrogens (tertiary/aromatic N) is 1. The zero-order valence-corrected chi connectivity index (χ0v) is 11.3. The van der Waals surface area contributed by atoms with Gasteiger partial charge in [-0.15, -0.1) is 0 Å². The van der Waals surface area contributed by atoms with E-state index < -0.39 is 0 Å². The molecule has 1 aromatic carbocycles. The van der Waals surface area contributed by atoms with Crippen LogP contribution in [0, 0.1) is 13.8 Å². The van der Waals surface area contributed by atoms with E-state index in [-0.39, 0.29) is 6.04 Å². The molecule has 0 aliphatic rings. The van der Waals surface area contributed by atoms with Crippen LogP contribution in [-0.4, -0.2) is 23.0 Å². The molecular formula is C13H20N2S. The van der Waals surface area contributed by atoms with Crippen molar-refractivity contribution in [2.45, 2.75) is 33.4 Å². The molecule has 88 valence electrons. The minimum atomic E-state index is 0.133. The van der Waals surface area contributed by atoms with Gasteiger partial charge in [-0.3, -0.25) is 4.90 Å². The highest BCUT2D eigenvalue weighted by molar-refractivity contribution is 7.80. The first kappa shape index (κ1) is 13.1. The van der Waals surface area contributed by atoms with Crippen LogP contribution in [0.3, 0.4) is 0 Å². The van der Waals surface area contributed by atoms with Crippen molar-refractivity contribution in [2.24, 2.45) is 5.73 Å². The highest BCUT2D eigenvalue weighted by Gasteiger charge is 2.13. The Morgan fingerprint density at radius 1 is 1.38 bits per heavy atom. The van der Waals surface area contributed by atoms with Crippen molar-refractivity contribution < 1.29 is 0 Å². The molecule has 0 bridgehead atoms. The molecule has 1 unspecified atom stereocenters. The van der Waals surface area contributed by atoms with Crippen LogP contribution >= 0.6 is 12.2 Å². The van der Waals surface area contributed by atoms with E-state index in [9.17, 15) is 0 Å². The lowest BCUT2D eigenvalue weighted by molar-refractivity contribution is 0.303. The Kier molecular flexibility index (Phi) is 4.44. The van der Waals surface area contributed by atoms with E-state index >= 15 is 0 Å². The normalized spacial score (nSPS) is 12.8. The van der Waals surface area contributed by atoms with Gasteiger partial charge in [-0.1, -0.05) is 30.4 Å². The summed E-state index contributed by atoms with van der Waals surface area (Å²) >= 11 is 5.01. The van der Waals surface area contributed by atoms with E-state index in [0.717, 1.165) is 6.54 Å². The van der Waals surface area contributed by atoms with E-state index in [1.807, 2.05) is 6.92 Å². The third kappa shape index (κ3) is 3.03. The maximum Gasteiger partial charge on any atom is 0.0899 e. The molecule has 2 N–H and O–H groups in total. The second kappa shape index (κ2) is 5.41. The van der Waals surface area contributed by atoms with Gasteiger partial charge >= 0.3 is 0 Å². The minimum Gasteiger partial charge on any atom is -0.392 e. The number of aryl methyl sites for hydroxylation is 2. The summed E-state index contributed by atoms with van der Waals surface area (Å²) < 4.78 is 0. The van der Waals surface area contributed by atoms with Crippen LogP contribution in [0.2, 0.25) is 0 Å². The largest absolute Gasteiger partial charge is 0.392 e. The average Bonchev–Trinajstić information content (AvgIpc) is 2.22. The van der Waals surface area contributed by atoms with Gasteiger partial charge in [0, 0.05) is 6.54 Å². The van der Waals surface area contributed by atoms with E-state index in [2.05, 4.69) is 44.0 Å². The van der Waals surface area contributed by atoms with Gasteiger partial charge in [-0.05, 0) is 44.5 Å². The topological polar surface area (TPSA) is 29.3 Å². The van der Waals surface area contributed by atoms with Crippen LogP contribution in [-0.2, 0) is 6.54 Å². The van der Waals surface area contributed by atoms with Crippen molar-refractivity contribution in [1.82, 2.24) is 4.90 Å². The van der Waals surface area contributed by atoms with Gasteiger partial charge in [0.25, 0.3) is 0 Å². The molecule has 16 heavy (non-hydrogen) atoms. The summed E-state index contributed by atoms with van der Waals surface area (Å²) in [6.07, 6.45) is 0. The maximum atomic E-state index is 5.66. The predicted molar refractivity (Wildman–Crippen MR) is 73.6 cm³/mol.